The lowest BCUT2D eigenvalue weighted by atomic mass is 9.98. The first-order chi connectivity index (χ1) is 14.1. The van der Waals surface area contributed by atoms with Gasteiger partial charge in [0.15, 0.2) is 0 Å². The standard InChI is InChI=1S/C23H35N3O3/c1-19-8-10-20(11-9-19)18-22(27)25-13-15-26(16-14-25)23(28)24-12-5-17-29-21-6-3-2-4-7-21/h8-11,21H,2-7,12-18H2,1H3,(H,24,28). The Morgan fingerprint density at radius 3 is 2.34 bits per heavy atom. The molecule has 0 radical (unpaired) electrons. The van der Waals surface area contributed by atoms with E-state index >= 15 is 0 Å². The van der Waals surface area contributed by atoms with E-state index in [1.54, 1.807) is 4.90 Å². The quantitative estimate of drug-likeness (QED) is 0.714. The SMILES string of the molecule is Cc1ccc(CC(=O)N2CCN(C(=O)NCCCOC3CCCCC3)CC2)cc1. The second-order valence-corrected chi connectivity index (χ2v) is 8.25. The molecule has 0 atom stereocenters. The fraction of sp³-hybridized carbons (Fsp3) is 0.652. The van der Waals surface area contributed by atoms with Crippen molar-refractivity contribution in [2.24, 2.45) is 0 Å². The highest BCUT2D eigenvalue weighted by Gasteiger charge is 2.24. The summed E-state index contributed by atoms with van der Waals surface area (Å²) in [4.78, 5) is 28.5. The summed E-state index contributed by atoms with van der Waals surface area (Å²) in [5.41, 5.74) is 2.23. The van der Waals surface area contributed by atoms with Gasteiger partial charge in [0.2, 0.25) is 5.91 Å². The van der Waals surface area contributed by atoms with Crippen molar-refractivity contribution in [1.82, 2.24) is 15.1 Å². The lowest BCUT2D eigenvalue weighted by Crippen LogP contribution is -2.53. The molecule has 1 aromatic rings. The molecule has 6 nitrogen and oxygen atoms in total. The molecule has 1 aliphatic heterocycles. The predicted octanol–water partition coefficient (Wildman–Crippen LogP) is 3.13. The van der Waals surface area contributed by atoms with Crippen LogP contribution in [0.4, 0.5) is 4.79 Å². The minimum atomic E-state index is -0.0340. The van der Waals surface area contributed by atoms with Crippen LogP contribution in [-0.4, -0.2) is 67.2 Å². The summed E-state index contributed by atoms with van der Waals surface area (Å²) in [5.74, 6) is 0.133. The highest BCUT2D eigenvalue weighted by atomic mass is 16.5. The van der Waals surface area contributed by atoms with Gasteiger partial charge in [0.1, 0.15) is 0 Å². The third-order valence-corrected chi connectivity index (χ3v) is 5.90. The van der Waals surface area contributed by atoms with Crippen LogP contribution in [0.5, 0.6) is 0 Å². The summed E-state index contributed by atoms with van der Waals surface area (Å²) < 4.78 is 5.90. The zero-order valence-corrected chi connectivity index (χ0v) is 17.7. The van der Waals surface area contributed by atoms with Gasteiger partial charge in [0.05, 0.1) is 12.5 Å². The van der Waals surface area contributed by atoms with E-state index < -0.39 is 0 Å². The molecule has 29 heavy (non-hydrogen) atoms. The predicted molar refractivity (Wildman–Crippen MR) is 114 cm³/mol. The van der Waals surface area contributed by atoms with E-state index in [4.69, 9.17) is 4.74 Å². The molecule has 0 spiro atoms. The van der Waals surface area contributed by atoms with Crippen molar-refractivity contribution >= 4 is 11.9 Å². The maximum atomic E-state index is 12.5. The lowest BCUT2D eigenvalue weighted by Gasteiger charge is -2.34. The van der Waals surface area contributed by atoms with Crippen LogP contribution >= 0.6 is 0 Å². The fourth-order valence-corrected chi connectivity index (χ4v) is 4.01. The van der Waals surface area contributed by atoms with Gasteiger partial charge in [0.25, 0.3) is 0 Å². The van der Waals surface area contributed by atoms with Crippen molar-refractivity contribution in [2.75, 3.05) is 39.3 Å². The number of carbonyl (C=O) groups is 2. The molecule has 0 bridgehead atoms. The summed E-state index contributed by atoms with van der Waals surface area (Å²) in [5, 5.41) is 2.98. The molecular formula is C23H35N3O3. The number of piperazine rings is 1. The first-order valence-corrected chi connectivity index (χ1v) is 11.1. The monoisotopic (exact) mass is 401 g/mol. The molecule has 1 heterocycles. The van der Waals surface area contributed by atoms with Crippen molar-refractivity contribution in [1.29, 1.82) is 0 Å². The Bertz CT molecular complexity index is 648. The molecule has 0 aromatic heterocycles. The molecule has 2 aliphatic rings. The zero-order chi connectivity index (χ0) is 20.5. The zero-order valence-electron chi connectivity index (χ0n) is 17.7. The lowest BCUT2D eigenvalue weighted by molar-refractivity contribution is -0.131. The molecular weight excluding hydrogens is 366 g/mol. The van der Waals surface area contributed by atoms with Crippen molar-refractivity contribution in [2.45, 2.75) is 58.0 Å². The third-order valence-electron chi connectivity index (χ3n) is 5.90. The maximum Gasteiger partial charge on any atom is 0.317 e. The number of carbonyl (C=O) groups excluding carboxylic acids is 2. The van der Waals surface area contributed by atoms with Gasteiger partial charge in [-0.25, -0.2) is 4.79 Å². The molecule has 1 saturated heterocycles. The van der Waals surface area contributed by atoms with Gasteiger partial charge >= 0.3 is 6.03 Å². The van der Waals surface area contributed by atoms with Crippen LogP contribution in [-0.2, 0) is 16.0 Å². The number of aryl methyl sites for hydroxylation is 1. The Morgan fingerprint density at radius 2 is 1.66 bits per heavy atom. The number of hydrogen-bond donors (Lipinski definition) is 1. The molecule has 1 saturated carbocycles. The van der Waals surface area contributed by atoms with E-state index in [1.165, 1.54) is 37.7 Å². The molecule has 1 aromatic carbocycles. The first-order valence-electron chi connectivity index (χ1n) is 11.1. The smallest absolute Gasteiger partial charge is 0.317 e. The molecule has 1 N–H and O–H groups in total. The van der Waals surface area contributed by atoms with Gasteiger partial charge < -0.3 is 19.9 Å². The Kier molecular flexibility index (Phi) is 8.35. The van der Waals surface area contributed by atoms with Gasteiger partial charge in [-0.1, -0.05) is 49.1 Å². The minimum absolute atomic E-state index is 0.0340. The maximum absolute atomic E-state index is 12.5. The topological polar surface area (TPSA) is 61.9 Å². The highest BCUT2D eigenvalue weighted by molar-refractivity contribution is 5.79. The normalized spacial score (nSPS) is 18.0. The van der Waals surface area contributed by atoms with Crippen LogP contribution < -0.4 is 5.32 Å². The van der Waals surface area contributed by atoms with Gasteiger partial charge in [-0.05, 0) is 31.7 Å². The first kappa shape index (κ1) is 21.6. The minimum Gasteiger partial charge on any atom is -0.378 e. The summed E-state index contributed by atoms with van der Waals surface area (Å²) in [6, 6.07) is 8.05. The van der Waals surface area contributed by atoms with E-state index in [0.717, 1.165) is 12.0 Å². The fourth-order valence-electron chi connectivity index (χ4n) is 4.01. The van der Waals surface area contributed by atoms with Gasteiger partial charge in [-0.2, -0.15) is 0 Å². The van der Waals surface area contributed by atoms with Crippen molar-refractivity contribution < 1.29 is 14.3 Å². The van der Waals surface area contributed by atoms with Crippen molar-refractivity contribution in [3.05, 3.63) is 35.4 Å². The second kappa shape index (κ2) is 11.2. The molecule has 160 valence electrons. The second-order valence-electron chi connectivity index (χ2n) is 8.25. The highest BCUT2D eigenvalue weighted by Crippen LogP contribution is 2.20. The van der Waals surface area contributed by atoms with E-state index in [2.05, 4.69) is 5.32 Å². The summed E-state index contributed by atoms with van der Waals surface area (Å²) >= 11 is 0. The molecule has 3 amide bonds. The summed E-state index contributed by atoms with van der Waals surface area (Å²) in [6.07, 6.45) is 7.94. The van der Waals surface area contributed by atoms with E-state index in [-0.39, 0.29) is 11.9 Å². The Balaban J connectivity index is 1.28. The number of rotatable bonds is 7. The van der Waals surface area contributed by atoms with Crippen LogP contribution in [0.25, 0.3) is 0 Å². The summed E-state index contributed by atoms with van der Waals surface area (Å²) in [6.45, 7) is 5.77. The van der Waals surface area contributed by atoms with Crippen LogP contribution in [0.15, 0.2) is 24.3 Å². The van der Waals surface area contributed by atoms with Gasteiger partial charge in [-0.15, -0.1) is 0 Å². The number of nitrogens with one attached hydrogen (secondary N) is 1. The van der Waals surface area contributed by atoms with Crippen molar-refractivity contribution in [3.8, 4) is 0 Å². The van der Waals surface area contributed by atoms with Crippen LogP contribution in [0, 0.1) is 6.92 Å². The Hall–Kier alpha value is -2.08. The van der Waals surface area contributed by atoms with E-state index in [1.807, 2.05) is 36.1 Å². The number of amides is 3. The van der Waals surface area contributed by atoms with E-state index in [9.17, 15) is 9.59 Å². The average molecular weight is 402 g/mol. The molecule has 2 fully saturated rings. The van der Waals surface area contributed by atoms with Crippen LogP contribution in [0.2, 0.25) is 0 Å². The molecule has 6 heteroatoms. The molecule has 1 aliphatic carbocycles. The number of hydrogen-bond acceptors (Lipinski definition) is 3. The number of ether oxygens (including phenoxy) is 1. The molecule has 3 rings (SSSR count). The summed E-state index contributed by atoms with van der Waals surface area (Å²) in [7, 11) is 0. The van der Waals surface area contributed by atoms with Gasteiger partial charge in [0, 0.05) is 39.3 Å². The third kappa shape index (κ3) is 7.03. The number of benzene rings is 1. The largest absolute Gasteiger partial charge is 0.378 e. The van der Waals surface area contributed by atoms with Crippen LogP contribution in [0.1, 0.15) is 49.7 Å². The Morgan fingerprint density at radius 1 is 1.00 bits per heavy atom. The number of nitrogens with zero attached hydrogens (tertiary/aromatic N) is 2. The van der Waals surface area contributed by atoms with Gasteiger partial charge in [-0.3, -0.25) is 4.79 Å². The average Bonchev–Trinajstić information content (AvgIpc) is 2.76. The van der Waals surface area contributed by atoms with Crippen LogP contribution in [0.3, 0.4) is 0 Å². The van der Waals surface area contributed by atoms with E-state index in [0.29, 0.717) is 51.9 Å². The number of urea groups is 1. The Labute approximate surface area is 174 Å². The van der Waals surface area contributed by atoms with Crippen molar-refractivity contribution in [3.63, 3.8) is 0 Å². The molecule has 0 unspecified atom stereocenters.